The van der Waals surface area contributed by atoms with Crippen molar-refractivity contribution in [1.29, 1.82) is 0 Å². The SMILES string of the molecule is O=C(NCCCn1cccn1)c1cc2nc(C(F)F)cc(C(F)F)n2n1. The Hall–Kier alpha value is -2.98. The van der Waals surface area contributed by atoms with Crippen molar-refractivity contribution in [2.24, 2.45) is 0 Å². The lowest BCUT2D eigenvalue weighted by Crippen LogP contribution is -2.25. The summed E-state index contributed by atoms with van der Waals surface area (Å²) in [6, 6.07) is 3.46. The van der Waals surface area contributed by atoms with Gasteiger partial charge < -0.3 is 5.32 Å². The van der Waals surface area contributed by atoms with Crippen molar-refractivity contribution in [3.63, 3.8) is 0 Å². The summed E-state index contributed by atoms with van der Waals surface area (Å²) in [6.45, 7) is 0.900. The first-order chi connectivity index (χ1) is 12.5. The second kappa shape index (κ2) is 7.50. The van der Waals surface area contributed by atoms with Crippen LogP contribution in [0, 0.1) is 0 Å². The molecule has 138 valence electrons. The Morgan fingerprint density at radius 3 is 2.65 bits per heavy atom. The number of hydrogen-bond donors (Lipinski definition) is 1. The lowest BCUT2D eigenvalue weighted by Gasteiger charge is -2.06. The van der Waals surface area contributed by atoms with Crippen LogP contribution >= 0.6 is 0 Å². The summed E-state index contributed by atoms with van der Waals surface area (Å²) in [5.41, 5.74) is -1.95. The van der Waals surface area contributed by atoms with Gasteiger partial charge in [-0.25, -0.2) is 27.1 Å². The van der Waals surface area contributed by atoms with E-state index in [0.29, 0.717) is 30.1 Å². The number of carbonyl (C=O) groups excluding carboxylic acids is 1. The predicted octanol–water partition coefficient (Wildman–Crippen LogP) is 2.62. The maximum atomic E-state index is 13.1. The highest BCUT2D eigenvalue weighted by atomic mass is 19.3. The minimum Gasteiger partial charge on any atom is -0.351 e. The van der Waals surface area contributed by atoms with Gasteiger partial charge in [0, 0.05) is 31.5 Å². The summed E-state index contributed by atoms with van der Waals surface area (Å²) in [6.07, 6.45) is -2.04. The summed E-state index contributed by atoms with van der Waals surface area (Å²) < 4.78 is 54.2. The molecule has 3 heterocycles. The molecule has 3 aromatic heterocycles. The highest BCUT2D eigenvalue weighted by Gasteiger charge is 2.21. The summed E-state index contributed by atoms with van der Waals surface area (Å²) in [7, 11) is 0. The van der Waals surface area contributed by atoms with Crippen LogP contribution in [0.1, 0.15) is 41.1 Å². The van der Waals surface area contributed by atoms with Gasteiger partial charge in [0.05, 0.1) is 0 Å². The zero-order valence-corrected chi connectivity index (χ0v) is 13.3. The second-order valence-corrected chi connectivity index (χ2v) is 5.39. The normalized spacial score (nSPS) is 11.6. The first kappa shape index (κ1) is 17.8. The fourth-order valence-corrected chi connectivity index (χ4v) is 2.36. The molecule has 1 N–H and O–H groups in total. The number of nitrogens with zero attached hydrogens (tertiary/aromatic N) is 5. The van der Waals surface area contributed by atoms with E-state index in [1.807, 2.05) is 0 Å². The minimum atomic E-state index is -3.04. The van der Waals surface area contributed by atoms with E-state index < -0.39 is 30.1 Å². The third-order valence-corrected chi connectivity index (χ3v) is 3.56. The van der Waals surface area contributed by atoms with Crippen LogP contribution in [0.3, 0.4) is 0 Å². The number of rotatable bonds is 7. The van der Waals surface area contributed by atoms with Crippen LogP contribution in [-0.2, 0) is 6.54 Å². The molecule has 0 atom stereocenters. The number of nitrogens with one attached hydrogen (secondary N) is 1. The van der Waals surface area contributed by atoms with E-state index in [1.165, 1.54) is 0 Å². The van der Waals surface area contributed by atoms with Crippen LogP contribution in [0.4, 0.5) is 17.6 Å². The molecule has 3 rings (SSSR count). The van der Waals surface area contributed by atoms with E-state index in [4.69, 9.17) is 0 Å². The highest BCUT2D eigenvalue weighted by molar-refractivity contribution is 5.93. The van der Waals surface area contributed by atoms with Crippen LogP contribution in [0.2, 0.25) is 0 Å². The predicted molar refractivity (Wildman–Crippen MR) is 82.1 cm³/mol. The first-order valence-electron chi connectivity index (χ1n) is 7.68. The fourth-order valence-electron chi connectivity index (χ4n) is 2.36. The highest BCUT2D eigenvalue weighted by Crippen LogP contribution is 2.25. The Balaban J connectivity index is 1.73. The molecule has 0 fully saturated rings. The topological polar surface area (TPSA) is 77.1 Å². The zero-order chi connectivity index (χ0) is 18.7. The van der Waals surface area contributed by atoms with Crippen molar-refractivity contribution in [2.75, 3.05) is 6.54 Å². The maximum absolute atomic E-state index is 13.1. The Morgan fingerprint density at radius 1 is 1.19 bits per heavy atom. The molecule has 0 saturated heterocycles. The van der Waals surface area contributed by atoms with Crippen molar-refractivity contribution < 1.29 is 22.4 Å². The average molecular weight is 370 g/mol. The van der Waals surface area contributed by atoms with E-state index in [9.17, 15) is 22.4 Å². The van der Waals surface area contributed by atoms with Crippen molar-refractivity contribution in [3.05, 3.63) is 47.7 Å². The van der Waals surface area contributed by atoms with Crippen LogP contribution in [0.15, 0.2) is 30.6 Å². The maximum Gasteiger partial charge on any atom is 0.280 e. The van der Waals surface area contributed by atoms with Gasteiger partial charge in [-0.3, -0.25) is 9.48 Å². The molecule has 0 aromatic carbocycles. The van der Waals surface area contributed by atoms with Gasteiger partial charge in [0.2, 0.25) is 0 Å². The monoisotopic (exact) mass is 370 g/mol. The molecule has 0 aliphatic carbocycles. The summed E-state index contributed by atoms with van der Waals surface area (Å²) in [4.78, 5) is 15.7. The molecule has 0 saturated carbocycles. The molecule has 0 spiro atoms. The van der Waals surface area contributed by atoms with Crippen LogP contribution in [0.25, 0.3) is 5.65 Å². The molecule has 3 aromatic rings. The molecule has 0 aliphatic rings. The minimum absolute atomic E-state index is 0.176. The smallest absolute Gasteiger partial charge is 0.280 e. The summed E-state index contributed by atoms with van der Waals surface area (Å²) >= 11 is 0. The van der Waals surface area contributed by atoms with E-state index in [0.717, 1.165) is 6.07 Å². The molecular formula is C15H14F4N6O. The van der Waals surface area contributed by atoms with Gasteiger partial charge in [-0.05, 0) is 18.6 Å². The molecule has 11 heteroatoms. The van der Waals surface area contributed by atoms with Gasteiger partial charge in [0.1, 0.15) is 11.4 Å². The van der Waals surface area contributed by atoms with E-state index in [-0.39, 0.29) is 11.3 Å². The van der Waals surface area contributed by atoms with Crippen molar-refractivity contribution in [2.45, 2.75) is 25.8 Å². The number of amides is 1. The summed E-state index contributed by atoms with van der Waals surface area (Å²) in [5, 5.41) is 10.4. The van der Waals surface area contributed by atoms with Crippen molar-refractivity contribution in [3.8, 4) is 0 Å². The third-order valence-electron chi connectivity index (χ3n) is 3.56. The quantitative estimate of drug-likeness (QED) is 0.512. The van der Waals surface area contributed by atoms with Gasteiger partial charge >= 0.3 is 0 Å². The Bertz CT molecular complexity index is 893. The largest absolute Gasteiger partial charge is 0.351 e. The van der Waals surface area contributed by atoms with E-state index in [2.05, 4.69) is 20.5 Å². The zero-order valence-electron chi connectivity index (χ0n) is 13.3. The number of carbonyl (C=O) groups is 1. The molecule has 26 heavy (non-hydrogen) atoms. The number of hydrogen-bond acceptors (Lipinski definition) is 4. The van der Waals surface area contributed by atoms with Crippen LogP contribution in [0.5, 0.6) is 0 Å². The molecule has 1 amide bonds. The molecule has 7 nitrogen and oxygen atoms in total. The number of fused-ring (bicyclic) bond motifs is 1. The summed E-state index contributed by atoms with van der Waals surface area (Å²) in [5.74, 6) is -0.602. The molecule has 0 bridgehead atoms. The van der Waals surface area contributed by atoms with Crippen LogP contribution < -0.4 is 5.32 Å². The Morgan fingerprint density at radius 2 is 2.00 bits per heavy atom. The standard InChI is InChI=1S/C15H14F4N6O/c16-13(17)9-7-11(14(18)19)25-12(22-9)8-10(23-25)15(26)20-3-1-5-24-6-2-4-21-24/h2,4,6-8,13-14H,1,3,5H2,(H,20,26). The molecule has 0 aliphatic heterocycles. The number of halogens is 4. The van der Waals surface area contributed by atoms with Crippen LogP contribution in [-0.4, -0.2) is 36.8 Å². The third kappa shape index (κ3) is 3.81. The fraction of sp³-hybridized carbons (Fsp3) is 0.333. The van der Waals surface area contributed by atoms with Gasteiger partial charge in [0.15, 0.2) is 11.3 Å². The number of alkyl halides is 4. The van der Waals surface area contributed by atoms with Gasteiger partial charge in [-0.2, -0.15) is 10.2 Å². The average Bonchev–Trinajstić information content (AvgIpc) is 3.26. The van der Waals surface area contributed by atoms with Gasteiger partial charge in [-0.15, -0.1) is 0 Å². The Labute approximate surface area is 144 Å². The lowest BCUT2D eigenvalue weighted by molar-refractivity contribution is 0.0946. The second-order valence-electron chi connectivity index (χ2n) is 5.39. The van der Waals surface area contributed by atoms with Gasteiger partial charge in [-0.1, -0.05) is 0 Å². The van der Waals surface area contributed by atoms with Gasteiger partial charge in [0.25, 0.3) is 18.8 Å². The lowest BCUT2D eigenvalue weighted by atomic mass is 10.3. The van der Waals surface area contributed by atoms with E-state index >= 15 is 0 Å². The van der Waals surface area contributed by atoms with Crippen molar-refractivity contribution in [1.82, 2.24) is 29.7 Å². The van der Waals surface area contributed by atoms with E-state index in [1.54, 1.807) is 23.1 Å². The molecular weight excluding hydrogens is 356 g/mol. The molecule has 0 unspecified atom stereocenters. The Kier molecular flexibility index (Phi) is 5.14. The number of aromatic nitrogens is 5. The molecule has 0 radical (unpaired) electrons. The first-order valence-corrected chi connectivity index (χ1v) is 7.68. The number of aryl methyl sites for hydroxylation is 1. The van der Waals surface area contributed by atoms with Crippen molar-refractivity contribution >= 4 is 11.6 Å².